The van der Waals surface area contributed by atoms with Gasteiger partial charge >= 0.3 is 5.97 Å². The zero-order valence-electron chi connectivity index (χ0n) is 17.6. The van der Waals surface area contributed by atoms with Gasteiger partial charge in [0.05, 0.1) is 12.1 Å². The highest BCUT2D eigenvalue weighted by molar-refractivity contribution is 14.1. The zero-order valence-corrected chi connectivity index (χ0v) is 22.6. The average Bonchev–Trinajstić information content (AvgIpc) is 3.14. The molecule has 0 amide bonds. The summed E-state index contributed by atoms with van der Waals surface area (Å²) in [7, 11) is 0. The molecule has 0 N–H and O–H groups in total. The van der Waals surface area contributed by atoms with Crippen LogP contribution in [0.3, 0.4) is 0 Å². The number of aliphatic imine (C=N–C) groups is 1. The van der Waals surface area contributed by atoms with Crippen LogP contribution in [0.25, 0.3) is 6.08 Å². The third-order valence-electron chi connectivity index (χ3n) is 4.89. The van der Waals surface area contributed by atoms with Gasteiger partial charge in [-0.25, -0.2) is 9.79 Å². The highest BCUT2D eigenvalue weighted by Gasteiger charge is 2.26. The average molecular weight is 701 g/mol. The molecule has 0 aromatic heterocycles. The van der Waals surface area contributed by atoms with Crippen molar-refractivity contribution in [2.24, 2.45) is 4.99 Å². The van der Waals surface area contributed by atoms with Crippen LogP contribution in [0.15, 0.2) is 65.3 Å². The van der Waals surface area contributed by atoms with Gasteiger partial charge in [0.1, 0.15) is 12.4 Å². The lowest BCUT2D eigenvalue weighted by Crippen LogP contribution is -2.06. The number of rotatable bonds is 6. The summed E-state index contributed by atoms with van der Waals surface area (Å²) < 4.78 is 13.0. The van der Waals surface area contributed by atoms with Crippen molar-refractivity contribution < 1.29 is 19.2 Å². The van der Waals surface area contributed by atoms with Crippen molar-refractivity contribution in [3.63, 3.8) is 0 Å². The number of nitro groups is 1. The minimum absolute atomic E-state index is 0.0339. The Morgan fingerprint density at radius 3 is 2.44 bits per heavy atom. The summed E-state index contributed by atoms with van der Waals surface area (Å²) in [5.41, 5.74) is 2.67. The number of carbonyl (C=O) groups is 1. The van der Waals surface area contributed by atoms with Crippen LogP contribution in [0.4, 0.5) is 5.69 Å². The summed E-state index contributed by atoms with van der Waals surface area (Å²) in [6.45, 7) is 2.04. The molecule has 1 aliphatic rings. The van der Waals surface area contributed by atoms with Gasteiger partial charge in [0.2, 0.25) is 5.90 Å². The Labute approximate surface area is 227 Å². The molecule has 34 heavy (non-hydrogen) atoms. The number of halogens is 3. The van der Waals surface area contributed by atoms with E-state index in [-0.39, 0.29) is 17.3 Å². The number of cyclic esters (lactones) is 1. The molecule has 0 aliphatic carbocycles. The van der Waals surface area contributed by atoms with Gasteiger partial charge in [0.25, 0.3) is 5.69 Å². The Hall–Kier alpha value is -2.51. The largest absolute Gasteiger partial charge is 0.487 e. The molecule has 0 fully saturated rings. The van der Waals surface area contributed by atoms with Crippen LogP contribution in [0.1, 0.15) is 22.3 Å². The Bertz CT molecular complexity index is 1350. The molecule has 0 atom stereocenters. The van der Waals surface area contributed by atoms with Gasteiger partial charge in [0, 0.05) is 22.2 Å². The topological polar surface area (TPSA) is 91.0 Å². The summed E-state index contributed by atoms with van der Waals surface area (Å²) in [5.74, 6) is 0.154. The standard InChI is InChI=1S/C24H15ClI2N2O5/c1-13-2-5-16(11-21(13)29(31)32)23-28-20(24(30)34-23)10-15-8-18(26)22(19(27)9-15)33-12-14-3-6-17(25)7-4-14/h2-11H,12H2,1H3/b20-10-. The fourth-order valence-electron chi connectivity index (χ4n) is 3.17. The van der Waals surface area contributed by atoms with Crippen LogP contribution in [0.5, 0.6) is 5.75 Å². The molecule has 0 unspecified atom stereocenters. The number of ether oxygens (including phenoxy) is 2. The molecule has 1 aliphatic heterocycles. The lowest BCUT2D eigenvalue weighted by Gasteiger charge is -2.11. The normalized spacial score (nSPS) is 14.2. The van der Waals surface area contributed by atoms with Crippen molar-refractivity contribution in [2.45, 2.75) is 13.5 Å². The SMILES string of the molecule is Cc1ccc(C2=N/C(=C\c3cc(I)c(OCc4ccc(Cl)cc4)c(I)c3)C(=O)O2)cc1[N+](=O)[O-]. The summed E-state index contributed by atoms with van der Waals surface area (Å²) in [6.07, 6.45) is 1.62. The van der Waals surface area contributed by atoms with Crippen molar-refractivity contribution in [3.05, 3.63) is 105 Å². The van der Waals surface area contributed by atoms with Crippen LogP contribution in [0.2, 0.25) is 5.02 Å². The van der Waals surface area contributed by atoms with E-state index in [1.807, 2.05) is 36.4 Å². The molecule has 3 aromatic carbocycles. The number of hydrogen-bond acceptors (Lipinski definition) is 6. The molecule has 0 saturated carbocycles. The third kappa shape index (κ3) is 5.58. The summed E-state index contributed by atoms with van der Waals surface area (Å²) in [6, 6.07) is 15.8. The maximum Gasteiger partial charge on any atom is 0.363 e. The van der Waals surface area contributed by atoms with Gasteiger partial charge in [-0.3, -0.25) is 10.1 Å². The molecule has 1 heterocycles. The van der Waals surface area contributed by atoms with E-state index < -0.39 is 10.9 Å². The highest BCUT2D eigenvalue weighted by Crippen LogP contribution is 2.31. The van der Waals surface area contributed by atoms with E-state index in [4.69, 9.17) is 21.1 Å². The Morgan fingerprint density at radius 2 is 1.79 bits per heavy atom. The molecule has 172 valence electrons. The van der Waals surface area contributed by atoms with Crippen LogP contribution < -0.4 is 4.74 Å². The lowest BCUT2D eigenvalue weighted by molar-refractivity contribution is -0.385. The van der Waals surface area contributed by atoms with Gasteiger partial charge in [-0.05, 0) is 99.6 Å². The molecule has 10 heteroatoms. The van der Waals surface area contributed by atoms with Crippen molar-refractivity contribution in [3.8, 4) is 5.75 Å². The maximum atomic E-state index is 12.4. The van der Waals surface area contributed by atoms with E-state index in [1.54, 1.807) is 25.1 Å². The van der Waals surface area contributed by atoms with E-state index in [9.17, 15) is 14.9 Å². The molecule has 0 bridgehead atoms. The maximum absolute atomic E-state index is 12.4. The van der Waals surface area contributed by atoms with E-state index in [0.717, 1.165) is 24.0 Å². The van der Waals surface area contributed by atoms with Crippen LogP contribution in [-0.4, -0.2) is 16.8 Å². The van der Waals surface area contributed by atoms with E-state index in [1.165, 1.54) is 6.07 Å². The van der Waals surface area contributed by atoms with Crippen molar-refractivity contribution in [1.82, 2.24) is 0 Å². The molecule has 0 radical (unpaired) electrons. The summed E-state index contributed by atoms with van der Waals surface area (Å²) >= 11 is 10.3. The smallest absolute Gasteiger partial charge is 0.363 e. The number of carbonyl (C=O) groups excluding carboxylic acids is 1. The zero-order chi connectivity index (χ0) is 24.4. The van der Waals surface area contributed by atoms with Gasteiger partial charge < -0.3 is 9.47 Å². The number of benzene rings is 3. The predicted octanol–water partition coefficient (Wildman–Crippen LogP) is 6.69. The second-order valence-corrected chi connectivity index (χ2v) is 10.1. The Balaban J connectivity index is 1.57. The minimum atomic E-state index is -0.619. The second-order valence-electron chi connectivity index (χ2n) is 7.32. The lowest BCUT2D eigenvalue weighted by atomic mass is 10.1. The van der Waals surface area contributed by atoms with Gasteiger partial charge in [-0.15, -0.1) is 0 Å². The molecule has 3 aromatic rings. The van der Waals surface area contributed by atoms with Crippen molar-refractivity contribution in [1.29, 1.82) is 0 Å². The molecule has 0 spiro atoms. The molecule has 0 saturated heterocycles. The Kier molecular flexibility index (Phi) is 7.53. The first-order chi connectivity index (χ1) is 16.2. The number of esters is 1. The fraction of sp³-hybridized carbons (Fsp3) is 0.0833. The fourth-order valence-corrected chi connectivity index (χ4v) is 5.42. The monoisotopic (exact) mass is 700 g/mol. The number of hydrogen-bond donors (Lipinski definition) is 0. The first kappa shape index (κ1) is 24.6. The first-order valence-corrected chi connectivity index (χ1v) is 12.4. The minimum Gasteiger partial charge on any atom is -0.487 e. The Morgan fingerprint density at radius 1 is 1.12 bits per heavy atom. The summed E-state index contributed by atoms with van der Waals surface area (Å²) in [4.78, 5) is 27.4. The van der Waals surface area contributed by atoms with Crippen molar-refractivity contribution in [2.75, 3.05) is 0 Å². The van der Waals surface area contributed by atoms with E-state index >= 15 is 0 Å². The van der Waals surface area contributed by atoms with Gasteiger partial charge in [-0.2, -0.15) is 0 Å². The molecule has 7 nitrogen and oxygen atoms in total. The third-order valence-corrected chi connectivity index (χ3v) is 6.75. The molecular formula is C24H15ClI2N2O5. The quantitative estimate of drug-likeness (QED) is 0.0941. The van der Waals surface area contributed by atoms with Crippen molar-refractivity contribution >= 4 is 80.4 Å². The van der Waals surface area contributed by atoms with Crippen LogP contribution in [-0.2, 0) is 16.1 Å². The predicted molar refractivity (Wildman–Crippen MR) is 146 cm³/mol. The molecule has 4 rings (SSSR count). The van der Waals surface area contributed by atoms with E-state index in [2.05, 4.69) is 50.2 Å². The van der Waals surface area contributed by atoms with E-state index in [0.29, 0.717) is 22.8 Å². The second kappa shape index (κ2) is 10.4. The van der Waals surface area contributed by atoms with Gasteiger partial charge in [-0.1, -0.05) is 29.8 Å². The first-order valence-electron chi connectivity index (χ1n) is 9.85. The van der Waals surface area contributed by atoms with Gasteiger partial charge in [0.15, 0.2) is 5.70 Å². The van der Waals surface area contributed by atoms with Crippen LogP contribution in [0, 0.1) is 24.2 Å². The highest BCUT2D eigenvalue weighted by atomic mass is 127. The number of aryl methyl sites for hydroxylation is 1. The number of nitrogens with zero attached hydrogens (tertiary/aromatic N) is 2. The molecular weight excluding hydrogens is 686 g/mol. The van der Waals surface area contributed by atoms with Crippen LogP contribution >= 0.6 is 56.8 Å². The summed E-state index contributed by atoms with van der Waals surface area (Å²) in [5, 5.41) is 11.9. The number of nitro benzene ring substituents is 1.